The molecule has 0 radical (unpaired) electrons. The molecule has 3 aromatic rings. The molecule has 0 spiro atoms. The quantitative estimate of drug-likeness (QED) is 0.487. The fraction of sp³-hybridized carbons (Fsp3) is 0.0952. The zero-order valence-corrected chi connectivity index (χ0v) is 18.4. The van der Waals surface area contributed by atoms with Gasteiger partial charge in [0.05, 0.1) is 22.0 Å². The smallest absolute Gasteiger partial charge is 0.307 e. The van der Waals surface area contributed by atoms with Crippen molar-refractivity contribution < 1.29 is 23.1 Å². The summed E-state index contributed by atoms with van der Waals surface area (Å²) in [7, 11) is -4.09. The molecule has 0 saturated heterocycles. The molecule has 2 N–H and O–H groups in total. The van der Waals surface area contributed by atoms with Crippen molar-refractivity contribution in [2.75, 3.05) is 4.72 Å². The van der Waals surface area contributed by atoms with Crippen molar-refractivity contribution in [1.29, 1.82) is 0 Å². The number of halogens is 2. The van der Waals surface area contributed by atoms with Gasteiger partial charge < -0.3 is 5.11 Å². The standard InChI is InChI=1S/C21H16Cl2N2O5S/c1-12-8-15(6-7-17(12)23)31(29,30)25-18-10-14(22)11-24-20(18)21(28)16-5-3-2-4-13(16)9-19(26)27/h2-8,10-11,25H,9H2,1H3,(H,26,27). The number of aryl methyl sites for hydroxylation is 1. The van der Waals surface area contributed by atoms with Gasteiger partial charge in [-0.3, -0.25) is 14.3 Å². The third-order valence-electron chi connectivity index (χ3n) is 4.36. The van der Waals surface area contributed by atoms with Crippen molar-refractivity contribution in [3.05, 3.63) is 87.2 Å². The number of carbonyl (C=O) groups is 2. The molecule has 0 amide bonds. The fourth-order valence-electron chi connectivity index (χ4n) is 2.87. The van der Waals surface area contributed by atoms with Crippen LogP contribution in [0.4, 0.5) is 5.69 Å². The number of carbonyl (C=O) groups excluding carboxylic acids is 1. The number of nitrogens with one attached hydrogen (secondary N) is 1. The Morgan fingerprint density at radius 1 is 1.10 bits per heavy atom. The number of hydrogen-bond donors (Lipinski definition) is 2. The summed E-state index contributed by atoms with van der Waals surface area (Å²) >= 11 is 12.0. The van der Waals surface area contributed by atoms with Gasteiger partial charge in [-0.05, 0) is 42.3 Å². The zero-order valence-electron chi connectivity index (χ0n) is 16.1. The van der Waals surface area contributed by atoms with E-state index in [9.17, 15) is 18.0 Å². The largest absolute Gasteiger partial charge is 0.481 e. The third kappa shape index (κ3) is 5.22. The van der Waals surface area contributed by atoms with E-state index in [1.54, 1.807) is 19.1 Å². The van der Waals surface area contributed by atoms with Gasteiger partial charge in [0.25, 0.3) is 10.0 Å². The molecule has 0 saturated carbocycles. The molecular weight excluding hydrogens is 463 g/mol. The number of sulfonamides is 1. The van der Waals surface area contributed by atoms with Gasteiger partial charge in [0.1, 0.15) is 5.69 Å². The summed E-state index contributed by atoms with van der Waals surface area (Å²) < 4.78 is 28.1. The molecule has 0 atom stereocenters. The monoisotopic (exact) mass is 478 g/mol. The van der Waals surface area contributed by atoms with E-state index in [1.165, 1.54) is 42.6 Å². The summed E-state index contributed by atoms with van der Waals surface area (Å²) in [6.07, 6.45) is 0.833. The molecule has 0 unspecified atom stereocenters. The number of pyridine rings is 1. The minimum atomic E-state index is -4.09. The molecule has 3 rings (SSSR count). The molecule has 1 aromatic heterocycles. The summed E-state index contributed by atoms with van der Waals surface area (Å²) in [5, 5.41) is 9.63. The second-order valence-electron chi connectivity index (χ2n) is 6.62. The molecule has 0 aliphatic heterocycles. The SMILES string of the molecule is Cc1cc(S(=O)(=O)Nc2cc(Cl)cnc2C(=O)c2ccccc2CC(=O)O)ccc1Cl. The maximum absolute atomic E-state index is 13.2. The lowest BCUT2D eigenvalue weighted by molar-refractivity contribution is -0.136. The number of aromatic nitrogens is 1. The van der Waals surface area contributed by atoms with Crippen LogP contribution < -0.4 is 4.72 Å². The maximum atomic E-state index is 13.2. The number of nitrogens with zero attached hydrogens (tertiary/aromatic N) is 1. The first-order valence-electron chi connectivity index (χ1n) is 8.87. The van der Waals surface area contributed by atoms with Crippen LogP contribution in [0.2, 0.25) is 10.0 Å². The molecule has 160 valence electrons. The normalized spacial score (nSPS) is 11.2. The average Bonchev–Trinajstić information content (AvgIpc) is 2.69. The van der Waals surface area contributed by atoms with E-state index in [2.05, 4.69) is 9.71 Å². The Hall–Kier alpha value is -2.94. The van der Waals surface area contributed by atoms with Crippen LogP contribution in [0.15, 0.2) is 59.6 Å². The van der Waals surface area contributed by atoms with Gasteiger partial charge in [-0.25, -0.2) is 13.4 Å². The molecule has 0 aliphatic rings. The van der Waals surface area contributed by atoms with Crippen LogP contribution in [-0.2, 0) is 21.2 Å². The lowest BCUT2D eigenvalue weighted by Crippen LogP contribution is -2.18. The average molecular weight is 479 g/mol. The molecule has 0 aliphatic carbocycles. The Kier molecular flexibility index (Phi) is 6.64. The highest BCUT2D eigenvalue weighted by molar-refractivity contribution is 7.92. The van der Waals surface area contributed by atoms with Crippen LogP contribution in [0, 0.1) is 6.92 Å². The van der Waals surface area contributed by atoms with Gasteiger partial charge in [-0.15, -0.1) is 0 Å². The van der Waals surface area contributed by atoms with Gasteiger partial charge in [0, 0.05) is 16.8 Å². The summed E-state index contributed by atoms with van der Waals surface area (Å²) in [6, 6.07) is 11.6. The Balaban J connectivity index is 2.05. The van der Waals surface area contributed by atoms with Gasteiger partial charge in [-0.1, -0.05) is 47.5 Å². The molecule has 0 fully saturated rings. The summed E-state index contributed by atoms with van der Waals surface area (Å²) in [4.78, 5) is 28.2. The van der Waals surface area contributed by atoms with E-state index in [4.69, 9.17) is 28.3 Å². The van der Waals surface area contributed by atoms with Crippen molar-refractivity contribution in [3.63, 3.8) is 0 Å². The van der Waals surface area contributed by atoms with Crippen LogP contribution >= 0.6 is 23.2 Å². The fourth-order valence-corrected chi connectivity index (χ4v) is 4.29. The summed E-state index contributed by atoms with van der Waals surface area (Å²) in [5.74, 6) is -1.75. The number of rotatable bonds is 7. The second-order valence-corrected chi connectivity index (χ2v) is 9.15. The highest BCUT2D eigenvalue weighted by Gasteiger charge is 2.23. The molecule has 31 heavy (non-hydrogen) atoms. The Bertz CT molecular complexity index is 1290. The van der Waals surface area contributed by atoms with Gasteiger partial charge in [-0.2, -0.15) is 0 Å². The second kappa shape index (κ2) is 9.05. The number of ketones is 1. The van der Waals surface area contributed by atoms with Crippen molar-refractivity contribution in [3.8, 4) is 0 Å². The van der Waals surface area contributed by atoms with Gasteiger partial charge in [0.2, 0.25) is 5.78 Å². The number of carboxylic acid groups (broad SMARTS) is 1. The summed E-state index contributed by atoms with van der Waals surface area (Å²) in [5.41, 5.74) is 0.598. The molecular formula is C21H16Cl2N2O5S. The minimum absolute atomic E-state index is 0.0564. The van der Waals surface area contributed by atoms with Crippen molar-refractivity contribution >= 4 is 50.7 Å². The van der Waals surface area contributed by atoms with E-state index >= 15 is 0 Å². The van der Waals surface area contributed by atoms with Gasteiger partial charge in [0.15, 0.2) is 0 Å². The predicted octanol–water partition coefficient (Wildman–Crippen LogP) is 4.36. The number of aliphatic carboxylic acids is 1. The van der Waals surface area contributed by atoms with E-state index in [0.29, 0.717) is 10.6 Å². The van der Waals surface area contributed by atoms with E-state index < -0.39 is 21.8 Å². The van der Waals surface area contributed by atoms with E-state index in [-0.39, 0.29) is 38.8 Å². The number of carboxylic acids is 1. The minimum Gasteiger partial charge on any atom is -0.481 e. The van der Waals surface area contributed by atoms with Crippen LogP contribution in [0.25, 0.3) is 0 Å². The molecule has 0 bridgehead atoms. The predicted molar refractivity (Wildman–Crippen MR) is 117 cm³/mol. The van der Waals surface area contributed by atoms with Crippen molar-refractivity contribution in [2.24, 2.45) is 0 Å². The number of hydrogen-bond acceptors (Lipinski definition) is 5. The maximum Gasteiger partial charge on any atom is 0.307 e. The number of anilines is 1. The highest BCUT2D eigenvalue weighted by Crippen LogP contribution is 2.27. The lowest BCUT2D eigenvalue weighted by atomic mass is 9.98. The highest BCUT2D eigenvalue weighted by atomic mass is 35.5. The Morgan fingerprint density at radius 3 is 2.48 bits per heavy atom. The lowest BCUT2D eigenvalue weighted by Gasteiger charge is -2.13. The van der Waals surface area contributed by atoms with E-state index in [1.807, 2.05) is 0 Å². The Morgan fingerprint density at radius 2 is 1.81 bits per heavy atom. The van der Waals surface area contributed by atoms with Crippen LogP contribution in [0.5, 0.6) is 0 Å². The van der Waals surface area contributed by atoms with Crippen molar-refractivity contribution in [1.82, 2.24) is 4.98 Å². The van der Waals surface area contributed by atoms with E-state index in [0.717, 1.165) is 0 Å². The molecule has 10 heteroatoms. The first-order chi connectivity index (χ1) is 14.6. The van der Waals surface area contributed by atoms with Crippen LogP contribution in [0.1, 0.15) is 27.2 Å². The molecule has 1 heterocycles. The van der Waals surface area contributed by atoms with Crippen LogP contribution in [0.3, 0.4) is 0 Å². The first-order valence-corrected chi connectivity index (χ1v) is 11.1. The number of benzene rings is 2. The third-order valence-corrected chi connectivity index (χ3v) is 6.35. The van der Waals surface area contributed by atoms with Crippen molar-refractivity contribution in [2.45, 2.75) is 18.2 Å². The summed E-state index contributed by atoms with van der Waals surface area (Å²) in [6.45, 7) is 1.66. The molecule has 7 nitrogen and oxygen atoms in total. The van der Waals surface area contributed by atoms with Crippen LogP contribution in [-0.4, -0.2) is 30.3 Å². The molecule has 2 aromatic carbocycles. The Labute approximate surface area is 188 Å². The topological polar surface area (TPSA) is 113 Å². The zero-order chi connectivity index (χ0) is 22.8. The first kappa shape index (κ1) is 22.7. The van der Waals surface area contributed by atoms with Gasteiger partial charge >= 0.3 is 5.97 Å².